The van der Waals surface area contributed by atoms with E-state index in [1.807, 2.05) is 32.9 Å². The van der Waals surface area contributed by atoms with Crippen LogP contribution in [0.4, 0.5) is 10.5 Å². The highest BCUT2D eigenvalue weighted by Crippen LogP contribution is 2.39. The van der Waals surface area contributed by atoms with Gasteiger partial charge in [0.15, 0.2) is 0 Å². The van der Waals surface area contributed by atoms with E-state index in [9.17, 15) is 24.3 Å². The van der Waals surface area contributed by atoms with Crippen molar-refractivity contribution in [2.45, 2.75) is 78.9 Å². The van der Waals surface area contributed by atoms with Crippen molar-refractivity contribution in [3.63, 3.8) is 0 Å². The zero-order valence-electron chi connectivity index (χ0n) is 27.0. The smallest absolute Gasteiger partial charge is 0.407 e. The van der Waals surface area contributed by atoms with Gasteiger partial charge >= 0.3 is 12.1 Å². The summed E-state index contributed by atoms with van der Waals surface area (Å²) in [7, 11) is 0. The molecule has 0 bridgehead atoms. The SMILES string of the molecule is CCC(C)(CC(C)(CC)C(=O)O)Nc1ccc2c3c(cccc13)C(=O)N(CCOCCOCCNC(=O)OC(C)(C)C)C2=O. The van der Waals surface area contributed by atoms with Crippen LogP contribution in [0.2, 0.25) is 0 Å². The first-order chi connectivity index (χ1) is 20.6. The first-order valence-electron chi connectivity index (χ1n) is 15.2. The second-order valence-corrected chi connectivity index (χ2v) is 12.7. The number of nitrogens with zero attached hydrogens (tertiary/aromatic N) is 1. The summed E-state index contributed by atoms with van der Waals surface area (Å²) >= 11 is 0. The number of carbonyl (C=O) groups is 4. The van der Waals surface area contributed by atoms with Crippen LogP contribution in [-0.2, 0) is 19.0 Å². The molecule has 242 valence electrons. The highest BCUT2D eigenvalue weighted by atomic mass is 16.6. The molecule has 0 saturated carbocycles. The summed E-state index contributed by atoms with van der Waals surface area (Å²) < 4.78 is 16.2. The molecule has 0 aromatic heterocycles. The van der Waals surface area contributed by atoms with E-state index in [4.69, 9.17) is 14.2 Å². The van der Waals surface area contributed by atoms with Gasteiger partial charge < -0.3 is 30.0 Å². The van der Waals surface area contributed by atoms with Gasteiger partial charge in [0.25, 0.3) is 11.8 Å². The minimum absolute atomic E-state index is 0.0897. The third-order valence-corrected chi connectivity index (χ3v) is 8.03. The lowest BCUT2D eigenvalue weighted by atomic mass is 9.74. The van der Waals surface area contributed by atoms with Crippen LogP contribution in [0.25, 0.3) is 10.8 Å². The molecular formula is C33H47N3O8. The number of amides is 3. The summed E-state index contributed by atoms with van der Waals surface area (Å²) in [5.41, 5.74) is -0.384. The molecule has 2 aromatic rings. The van der Waals surface area contributed by atoms with Crippen LogP contribution in [0, 0.1) is 5.41 Å². The number of carboxylic acid groups (broad SMARTS) is 1. The van der Waals surface area contributed by atoms with Crippen LogP contribution in [0.5, 0.6) is 0 Å². The fraction of sp³-hybridized carbons (Fsp3) is 0.576. The van der Waals surface area contributed by atoms with E-state index in [1.165, 1.54) is 4.90 Å². The molecule has 0 saturated heterocycles. The van der Waals surface area contributed by atoms with E-state index in [0.29, 0.717) is 42.3 Å². The lowest BCUT2D eigenvalue weighted by molar-refractivity contribution is -0.149. The number of aliphatic carboxylic acids is 1. The lowest BCUT2D eigenvalue weighted by Crippen LogP contribution is -2.43. The van der Waals surface area contributed by atoms with E-state index in [1.54, 1.807) is 45.9 Å². The first kappa shape index (κ1) is 34.8. The van der Waals surface area contributed by atoms with Crippen LogP contribution in [-0.4, -0.2) is 84.5 Å². The van der Waals surface area contributed by atoms with Crippen LogP contribution >= 0.6 is 0 Å². The van der Waals surface area contributed by atoms with E-state index in [2.05, 4.69) is 10.6 Å². The number of rotatable bonds is 16. The molecule has 0 radical (unpaired) electrons. The highest BCUT2D eigenvalue weighted by molar-refractivity contribution is 6.26. The monoisotopic (exact) mass is 613 g/mol. The van der Waals surface area contributed by atoms with Gasteiger partial charge in [-0.1, -0.05) is 26.0 Å². The number of hydrogen-bond acceptors (Lipinski definition) is 8. The van der Waals surface area contributed by atoms with Crippen molar-refractivity contribution in [2.24, 2.45) is 5.41 Å². The van der Waals surface area contributed by atoms with Crippen molar-refractivity contribution in [1.29, 1.82) is 0 Å². The zero-order valence-corrected chi connectivity index (χ0v) is 27.0. The van der Waals surface area contributed by atoms with Crippen molar-refractivity contribution < 1.29 is 38.5 Å². The van der Waals surface area contributed by atoms with Crippen LogP contribution in [0.3, 0.4) is 0 Å². The first-order valence-corrected chi connectivity index (χ1v) is 15.2. The Hall–Kier alpha value is -3.70. The number of benzene rings is 2. The third kappa shape index (κ3) is 8.47. The van der Waals surface area contributed by atoms with Crippen molar-refractivity contribution >= 4 is 40.3 Å². The Morgan fingerprint density at radius 3 is 2.09 bits per heavy atom. The number of alkyl carbamates (subject to hydrolysis) is 1. The molecule has 3 N–H and O–H groups in total. The number of imide groups is 1. The van der Waals surface area contributed by atoms with Crippen molar-refractivity contribution in [1.82, 2.24) is 10.2 Å². The normalized spacial score (nSPS) is 15.9. The van der Waals surface area contributed by atoms with Gasteiger partial charge in [0, 0.05) is 39.7 Å². The molecule has 2 aromatic carbocycles. The molecule has 2 unspecified atom stereocenters. The second-order valence-electron chi connectivity index (χ2n) is 12.7. The number of hydrogen-bond donors (Lipinski definition) is 3. The van der Waals surface area contributed by atoms with Crippen LogP contribution in [0.1, 0.15) is 88.4 Å². The van der Waals surface area contributed by atoms with Gasteiger partial charge in [0.2, 0.25) is 0 Å². The van der Waals surface area contributed by atoms with Gasteiger partial charge in [0.05, 0.1) is 38.4 Å². The standard InChI is InChI=1S/C33H47N3O8/c1-8-32(6,29(39)40)21-33(7,9-2)35-25-14-13-24-26-22(25)11-10-12-23(26)27(37)36(28(24)38)16-18-43-20-19-42-17-15-34-30(41)44-31(3,4)5/h10-14,35H,8-9,15-21H2,1-7H3,(H,34,41)(H,39,40). The van der Waals surface area contributed by atoms with E-state index in [-0.39, 0.29) is 44.8 Å². The van der Waals surface area contributed by atoms with E-state index >= 15 is 0 Å². The number of carbonyl (C=O) groups excluding carboxylic acids is 3. The minimum Gasteiger partial charge on any atom is -0.481 e. The Labute approximate surface area is 259 Å². The average molecular weight is 614 g/mol. The highest BCUT2D eigenvalue weighted by Gasteiger charge is 2.39. The molecule has 1 aliphatic heterocycles. The molecule has 44 heavy (non-hydrogen) atoms. The van der Waals surface area contributed by atoms with E-state index < -0.39 is 28.6 Å². The zero-order chi connectivity index (χ0) is 32.7. The van der Waals surface area contributed by atoms with Gasteiger partial charge in [-0.05, 0) is 72.1 Å². The maximum absolute atomic E-state index is 13.4. The predicted octanol–water partition coefficient (Wildman–Crippen LogP) is 5.47. The molecule has 11 heteroatoms. The largest absolute Gasteiger partial charge is 0.481 e. The van der Waals surface area contributed by atoms with Gasteiger partial charge in [0.1, 0.15) is 5.60 Å². The Kier molecular flexibility index (Phi) is 11.4. The summed E-state index contributed by atoms with van der Waals surface area (Å²) in [6.07, 6.45) is 1.07. The molecule has 0 spiro atoms. The Morgan fingerprint density at radius 1 is 0.864 bits per heavy atom. The molecule has 3 rings (SSSR count). The molecule has 2 atom stereocenters. The topological polar surface area (TPSA) is 144 Å². The number of carboxylic acids is 1. The number of anilines is 1. The molecule has 1 aliphatic rings. The third-order valence-electron chi connectivity index (χ3n) is 8.03. The van der Waals surface area contributed by atoms with Crippen molar-refractivity contribution in [2.75, 3.05) is 44.8 Å². The summed E-state index contributed by atoms with van der Waals surface area (Å²) in [5.74, 6) is -1.61. The van der Waals surface area contributed by atoms with Gasteiger partial charge in [-0.2, -0.15) is 0 Å². The fourth-order valence-corrected chi connectivity index (χ4v) is 5.27. The van der Waals surface area contributed by atoms with Crippen LogP contribution < -0.4 is 10.6 Å². The molecule has 0 aliphatic carbocycles. The Bertz CT molecular complexity index is 1350. The molecule has 1 heterocycles. The predicted molar refractivity (Wildman–Crippen MR) is 168 cm³/mol. The lowest BCUT2D eigenvalue weighted by Gasteiger charge is -2.38. The number of ether oxygens (including phenoxy) is 3. The van der Waals surface area contributed by atoms with Gasteiger partial charge in [-0.15, -0.1) is 0 Å². The summed E-state index contributed by atoms with van der Waals surface area (Å²) in [4.78, 5) is 51.8. The molecule has 3 amide bonds. The molecule has 0 fully saturated rings. The summed E-state index contributed by atoms with van der Waals surface area (Å²) in [6, 6.07) is 8.94. The quantitative estimate of drug-likeness (QED) is 0.166. The van der Waals surface area contributed by atoms with Gasteiger partial charge in [-0.25, -0.2) is 4.79 Å². The maximum atomic E-state index is 13.4. The number of nitrogens with one attached hydrogen (secondary N) is 2. The maximum Gasteiger partial charge on any atom is 0.407 e. The molecule has 11 nitrogen and oxygen atoms in total. The van der Waals surface area contributed by atoms with Crippen molar-refractivity contribution in [3.8, 4) is 0 Å². The Balaban J connectivity index is 1.60. The summed E-state index contributed by atoms with van der Waals surface area (Å²) in [5, 5.41) is 17.4. The fourth-order valence-electron chi connectivity index (χ4n) is 5.27. The van der Waals surface area contributed by atoms with E-state index in [0.717, 1.165) is 11.1 Å². The Morgan fingerprint density at radius 2 is 1.50 bits per heavy atom. The van der Waals surface area contributed by atoms with Crippen LogP contribution in [0.15, 0.2) is 30.3 Å². The minimum atomic E-state index is -0.899. The molecular weight excluding hydrogens is 566 g/mol. The van der Waals surface area contributed by atoms with Gasteiger partial charge in [-0.3, -0.25) is 19.3 Å². The summed E-state index contributed by atoms with van der Waals surface area (Å²) in [6.45, 7) is 14.4. The second kappa shape index (κ2) is 14.4. The average Bonchev–Trinajstić information content (AvgIpc) is 2.95. The van der Waals surface area contributed by atoms with Crippen molar-refractivity contribution in [3.05, 3.63) is 41.5 Å².